The lowest BCUT2D eigenvalue weighted by molar-refractivity contribution is 0.733. The lowest BCUT2D eigenvalue weighted by Crippen LogP contribution is -2.02. The minimum atomic E-state index is 0.677. The first-order valence-electron chi connectivity index (χ1n) is 5.10. The summed E-state index contributed by atoms with van der Waals surface area (Å²) in [6.45, 7) is 2.87. The Labute approximate surface area is 121 Å². The van der Waals surface area contributed by atoms with Crippen molar-refractivity contribution >= 4 is 43.5 Å². The first kappa shape index (κ1) is 13.1. The van der Waals surface area contributed by atoms with Gasteiger partial charge in [-0.1, -0.05) is 43.5 Å². The molecule has 0 atom stereocenters. The molecule has 0 N–H and O–H groups in total. The van der Waals surface area contributed by atoms with Gasteiger partial charge in [-0.15, -0.1) is 10.2 Å². The van der Waals surface area contributed by atoms with Crippen LogP contribution < -0.4 is 0 Å². The third-order valence-electron chi connectivity index (χ3n) is 2.43. The SMILES string of the molecule is CCn1c(CBr)nnc1-c1cc(Br)ccc1Cl. The Balaban J connectivity index is 2.59. The Bertz CT molecular complexity index is 540. The van der Waals surface area contributed by atoms with E-state index in [0.717, 1.165) is 28.2 Å². The zero-order valence-electron chi connectivity index (χ0n) is 9.12. The van der Waals surface area contributed by atoms with Crippen molar-refractivity contribution in [1.82, 2.24) is 14.8 Å². The lowest BCUT2D eigenvalue weighted by atomic mass is 10.2. The molecule has 0 bridgehead atoms. The molecule has 1 heterocycles. The van der Waals surface area contributed by atoms with Crippen LogP contribution in [0.2, 0.25) is 5.02 Å². The molecule has 6 heteroatoms. The summed E-state index contributed by atoms with van der Waals surface area (Å²) < 4.78 is 3.02. The van der Waals surface area contributed by atoms with Crippen molar-refractivity contribution in [2.24, 2.45) is 0 Å². The molecule has 1 aromatic heterocycles. The van der Waals surface area contributed by atoms with Gasteiger partial charge in [0, 0.05) is 16.6 Å². The summed E-state index contributed by atoms with van der Waals surface area (Å²) >= 11 is 13.0. The molecular weight excluding hydrogens is 369 g/mol. The van der Waals surface area contributed by atoms with Crippen LogP contribution in [0.25, 0.3) is 11.4 Å². The molecule has 0 saturated heterocycles. The normalized spacial score (nSPS) is 10.8. The van der Waals surface area contributed by atoms with Crippen molar-refractivity contribution < 1.29 is 0 Å². The second kappa shape index (κ2) is 5.50. The number of hydrogen-bond donors (Lipinski definition) is 0. The van der Waals surface area contributed by atoms with Crippen molar-refractivity contribution in [3.8, 4) is 11.4 Å². The van der Waals surface area contributed by atoms with Crippen molar-refractivity contribution in [2.45, 2.75) is 18.8 Å². The van der Waals surface area contributed by atoms with E-state index >= 15 is 0 Å². The highest BCUT2D eigenvalue weighted by molar-refractivity contribution is 9.10. The highest BCUT2D eigenvalue weighted by Crippen LogP contribution is 2.30. The molecule has 0 aliphatic rings. The number of nitrogens with zero attached hydrogens (tertiary/aromatic N) is 3. The van der Waals surface area contributed by atoms with Crippen LogP contribution in [0.3, 0.4) is 0 Å². The van der Waals surface area contributed by atoms with Gasteiger partial charge in [0.05, 0.1) is 10.4 Å². The van der Waals surface area contributed by atoms with Crippen LogP contribution in [0, 0.1) is 0 Å². The van der Waals surface area contributed by atoms with Gasteiger partial charge in [0.1, 0.15) is 5.82 Å². The maximum Gasteiger partial charge on any atom is 0.165 e. The number of alkyl halides is 1. The number of benzene rings is 1. The van der Waals surface area contributed by atoms with E-state index < -0.39 is 0 Å². The van der Waals surface area contributed by atoms with Crippen molar-refractivity contribution in [2.75, 3.05) is 0 Å². The molecule has 0 unspecified atom stereocenters. The fraction of sp³-hybridized carbons (Fsp3) is 0.273. The molecule has 0 spiro atoms. The molecule has 0 radical (unpaired) electrons. The summed E-state index contributed by atoms with van der Waals surface area (Å²) in [7, 11) is 0. The molecule has 17 heavy (non-hydrogen) atoms. The fourth-order valence-electron chi connectivity index (χ4n) is 1.63. The third kappa shape index (κ3) is 2.56. The topological polar surface area (TPSA) is 30.7 Å². The Morgan fingerprint density at radius 3 is 2.76 bits per heavy atom. The van der Waals surface area contributed by atoms with Crippen molar-refractivity contribution in [1.29, 1.82) is 0 Å². The minimum absolute atomic E-state index is 0.677. The smallest absolute Gasteiger partial charge is 0.165 e. The van der Waals surface area contributed by atoms with Gasteiger partial charge in [-0.3, -0.25) is 0 Å². The van der Waals surface area contributed by atoms with Gasteiger partial charge in [-0.05, 0) is 25.1 Å². The fourth-order valence-corrected chi connectivity index (χ4v) is 2.61. The van der Waals surface area contributed by atoms with Crippen molar-refractivity contribution in [3.63, 3.8) is 0 Å². The molecule has 0 saturated carbocycles. The number of rotatable bonds is 3. The van der Waals surface area contributed by atoms with E-state index in [-0.39, 0.29) is 0 Å². The maximum absolute atomic E-state index is 6.20. The summed E-state index contributed by atoms with van der Waals surface area (Å²) in [5.74, 6) is 1.70. The molecule has 2 aromatic rings. The van der Waals surface area contributed by atoms with E-state index in [1.54, 1.807) is 0 Å². The van der Waals surface area contributed by atoms with E-state index in [2.05, 4.69) is 49.0 Å². The Hall–Kier alpha value is -0.390. The van der Waals surface area contributed by atoms with E-state index in [1.807, 2.05) is 22.8 Å². The van der Waals surface area contributed by atoms with E-state index in [9.17, 15) is 0 Å². The number of hydrogen-bond acceptors (Lipinski definition) is 2. The number of aromatic nitrogens is 3. The van der Waals surface area contributed by atoms with Gasteiger partial charge in [0.2, 0.25) is 0 Å². The summed E-state index contributed by atoms with van der Waals surface area (Å²) in [5.41, 5.74) is 0.891. The standard InChI is InChI=1S/C11H10Br2ClN3/c1-2-17-10(6-12)15-16-11(17)8-5-7(13)3-4-9(8)14/h3-5H,2,6H2,1H3. The predicted octanol–water partition coefficient (Wildman–Crippen LogP) is 4.28. The first-order valence-corrected chi connectivity index (χ1v) is 7.40. The average Bonchev–Trinajstić information content (AvgIpc) is 2.74. The number of halogens is 3. The van der Waals surface area contributed by atoms with Crippen LogP contribution in [0.5, 0.6) is 0 Å². The molecule has 0 aliphatic heterocycles. The minimum Gasteiger partial charge on any atom is -0.311 e. The molecular formula is C11H10Br2ClN3. The van der Waals surface area contributed by atoms with E-state index in [4.69, 9.17) is 11.6 Å². The predicted molar refractivity (Wildman–Crippen MR) is 76.5 cm³/mol. The monoisotopic (exact) mass is 377 g/mol. The van der Waals surface area contributed by atoms with Crippen LogP contribution >= 0.6 is 43.5 Å². The molecule has 3 nitrogen and oxygen atoms in total. The van der Waals surface area contributed by atoms with Gasteiger partial charge in [-0.2, -0.15) is 0 Å². The Morgan fingerprint density at radius 1 is 1.35 bits per heavy atom. The molecule has 0 fully saturated rings. The summed E-state index contributed by atoms with van der Waals surface area (Å²) in [6, 6.07) is 5.71. The first-order chi connectivity index (χ1) is 8.17. The zero-order chi connectivity index (χ0) is 12.4. The van der Waals surface area contributed by atoms with Crippen LogP contribution in [0.1, 0.15) is 12.7 Å². The van der Waals surface area contributed by atoms with Crippen LogP contribution in [-0.4, -0.2) is 14.8 Å². The average molecular weight is 379 g/mol. The molecule has 90 valence electrons. The van der Waals surface area contributed by atoms with E-state index in [1.165, 1.54) is 0 Å². The zero-order valence-corrected chi connectivity index (χ0v) is 13.0. The Kier molecular flexibility index (Phi) is 4.22. The summed E-state index contributed by atoms with van der Waals surface area (Å²) in [4.78, 5) is 0. The quantitative estimate of drug-likeness (QED) is 0.746. The second-order valence-electron chi connectivity index (χ2n) is 3.44. The Morgan fingerprint density at radius 2 is 2.12 bits per heavy atom. The molecule has 1 aromatic carbocycles. The maximum atomic E-state index is 6.20. The molecule has 2 rings (SSSR count). The van der Waals surface area contributed by atoms with Gasteiger partial charge in [0.25, 0.3) is 0 Å². The molecule has 0 amide bonds. The largest absolute Gasteiger partial charge is 0.311 e. The van der Waals surface area contributed by atoms with Crippen LogP contribution in [0.15, 0.2) is 22.7 Å². The highest BCUT2D eigenvalue weighted by Gasteiger charge is 2.14. The third-order valence-corrected chi connectivity index (χ3v) is 3.76. The highest BCUT2D eigenvalue weighted by atomic mass is 79.9. The summed E-state index contributed by atoms with van der Waals surface area (Å²) in [5, 5.41) is 9.71. The summed E-state index contributed by atoms with van der Waals surface area (Å²) in [6.07, 6.45) is 0. The second-order valence-corrected chi connectivity index (χ2v) is 5.33. The van der Waals surface area contributed by atoms with Gasteiger partial charge in [0.15, 0.2) is 5.82 Å². The van der Waals surface area contributed by atoms with Crippen LogP contribution in [0.4, 0.5) is 0 Å². The van der Waals surface area contributed by atoms with Crippen LogP contribution in [-0.2, 0) is 11.9 Å². The van der Waals surface area contributed by atoms with Gasteiger partial charge < -0.3 is 4.57 Å². The lowest BCUT2D eigenvalue weighted by Gasteiger charge is -2.07. The van der Waals surface area contributed by atoms with Gasteiger partial charge in [-0.25, -0.2) is 0 Å². The molecule has 0 aliphatic carbocycles. The van der Waals surface area contributed by atoms with E-state index in [0.29, 0.717) is 10.4 Å². The van der Waals surface area contributed by atoms with Gasteiger partial charge >= 0.3 is 0 Å². The van der Waals surface area contributed by atoms with Crippen molar-refractivity contribution in [3.05, 3.63) is 33.5 Å².